The Morgan fingerprint density at radius 2 is 2.00 bits per heavy atom. The van der Waals surface area contributed by atoms with Crippen LogP contribution in [-0.2, 0) is 13.0 Å². The number of rotatable bonds is 3. The fraction of sp³-hybridized carbons (Fsp3) is 0.391. The Kier molecular flexibility index (Phi) is 5.28. The van der Waals surface area contributed by atoms with Gasteiger partial charge in [0.25, 0.3) is 5.91 Å². The maximum atomic E-state index is 12.9. The molecule has 0 unspecified atom stereocenters. The first-order valence-corrected chi connectivity index (χ1v) is 10.9. The normalized spacial score (nSPS) is 16.7. The summed E-state index contributed by atoms with van der Waals surface area (Å²) in [5.41, 5.74) is 4.20. The molecule has 160 valence electrons. The second-order valence-corrected chi connectivity index (χ2v) is 8.39. The van der Waals surface area contributed by atoms with Gasteiger partial charge in [0.05, 0.1) is 6.20 Å². The van der Waals surface area contributed by atoms with Gasteiger partial charge in [-0.3, -0.25) is 9.89 Å². The quantitative estimate of drug-likeness (QED) is 0.604. The van der Waals surface area contributed by atoms with Gasteiger partial charge in [-0.15, -0.1) is 0 Å². The van der Waals surface area contributed by atoms with Crippen LogP contribution >= 0.6 is 0 Å². The van der Waals surface area contributed by atoms with Crippen LogP contribution in [0.15, 0.2) is 36.7 Å². The molecule has 1 saturated carbocycles. The first kappa shape index (κ1) is 19.5. The number of urea groups is 1. The molecule has 31 heavy (non-hydrogen) atoms. The Labute approximate surface area is 180 Å². The average Bonchev–Trinajstić information content (AvgIpc) is 3.29. The molecule has 1 aromatic carbocycles. The molecule has 2 aromatic heterocycles. The fourth-order valence-electron chi connectivity index (χ4n) is 4.58. The van der Waals surface area contributed by atoms with Crippen LogP contribution in [0.4, 0.5) is 10.5 Å². The van der Waals surface area contributed by atoms with Crippen LogP contribution in [0.3, 0.4) is 0 Å². The molecular formula is C23H26N6O2. The Balaban J connectivity index is 1.24. The number of nitrogens with zero attached hydrogens (tertiary/aromatic N) is 3. The monoisotopic (exact) mass is 418 g/mol. The van der Waals surface area contributed by atoms with Crippen LogP contribution in [0.2, 0.25) is 0 Å². The van der Waals surface area contributed by atoms with E-state index in [0.717, 1.165) is 35.9 Å². The molecule has 8 heteroatoms. The molecule has 2 aliphatic rings. The van der Waals surface area contributed by atoms with Crippen LogP contribution in [0, 0.1) is 0 Å². The van der Waals surface area contributed by atoms with Gasteiger partial charge in [-0.05, 0) is 48.6 Å². The standard InChI is InChI=1S/C23H26N6O2/c30-22(26-17-6-2-1-3-7-17)15-5-4-8-18(11-15)27-23(31)29-10-9-19-16(14-29)12-24-21-20(19)13-25-28-21/h4-5,8,11-13,17H,1-3,6-7,9-10,14H2,(H,26,30)(H,27,31)(H,24,25,28). The van der Waals surface area contributed by atoms with Crippen molar-refractivity contribution in [2.45, 2.75) is 51.1 Å². The highest BCUT2D eigenvalue weighted by molar-refractivity contribution is 5.97. The molecule has 3 heterocycles. The molecule has 1 aliphatic carbocycles. The van der Waals surface area contributed by atoms with Gasteiger partial charge in [-0.1, -0.05) is 25.3 Å². The number of H-pyrrole nitrogens is 1. The molecular weight excluding hydrogens is 392 g/mol. The summed E-state index contributed by atoms with van der Waals surface area (Å²) in [4.78, 5) is 31.6. The first-order chi connectivity index (χ1) is 15.2. The smallest absolute Gasteiger partial charge is 0.322 e. The van der Waals surface area contributed by atoms with E-state index in [-0.39, 0.29) is 18.0 Å². The summed E-state index contributed by atoms with van der Waals surface area (Å²) in [7, 11) is 0. The van der Waals surface area contributed by atoms with Gasteiger partial charge < -0.3 is 15.5 Å². The molecule has 3 amide bonds. The van der Waals surface area contributed by atoms with Crippen LogP contribution in [0.25, 0.3) is 11.0 Å². The number of amides is 3. The third-order valence-corrected chi connectivity index (χ3v) is 6.28. The van der Waals surface area contributed by atoms with Crippen molar-refractivity contribution < 1.29 is 9.59 Å². The lowest BCUT2D eigenvalue weighted by Crippen LogP contribution is -2.39. The summed E-state index contributed by atoms with van der Waals surface area (Å²) in [6, 6.07) is 7.21. The summed E-state index contributed by atoms with van der Waals surface area (Å²) in [5, 5.41) is 14.0. The number of fused-ring (bicyclic) bond motifs is 3. The molecule has 0 radical (unpaired) electrons. The van der Waals surface area contributed by atoms with Crippen molar-refractivity contribution in [2.75, 3.05) is 11.9 Å². The van der Waals surface area contributed by atoms with Crippen molar-refractivity contribution in [2.24, 2.45) is 0 Å². The third-order valence-electron chi connectivity index (χ3n) is 6.28. The zero-order valence-electron chi connectivity index (χ0n) is 17.4. The predicted molar refractivity (Wildman–Crippen MR) is 118 cm³/mol. The predicted octanol–water partition coefficient (Wildman–Crippen LogP) is 3.61. The topological polar surface area (TPSA) is 103 Å². The van der Waals surface area contributed by atoms with Crippen LogP contribution in [0.1, 0.15) is 53.6 Å². The van der Waals surface area contributed by atoms with E-state index in [1.54, 1.807) is 29.3 Å². The second-order valence-electron chi connectivity index (χ2n) is 8.39. The Bertz CT molecular complexity index is 1120. The van der Waals surface area contributed by atoms with Gasteiger partial charge in [0.1, 0.15) is 0 Å². The molecule has 3 N–H and O–H groups in total. The number of carbonyl (C=O) groups is 2. The van der Waals surface area contributed by atoms with Gasteiger partial charge in [-0.25, -0.2) is 9.78 Å². The minimum atomic E-state index is -0.178. The van der Waals surface area contributed by atoms with Crippen molar-refractivity contribution in [1.29, 1.82) is 0 Å². The maximum absolute atomic E-state index is 12.9. The summed E-state index contributed by atoms with van der Waals surface area (Å²) in [6.45, 7) is 1.11. The molecule has 1 aliphatic heterocycles. The number of hydrogen-bond acceptors (Lipinski definition) is 4. The maximum Gasteiger partial charge on any atom is 0.322 e. The van der Waals surface area contributed by atoms with Gasteiger partial charge in [-0.2, -0.15) is 5.10 Å². The Morgan fingerprint density at radius 1 is 1.13 bits per heavy atom. The fourth-order valence-corrected chi connectivity index (χ4v) is 4.58. The number of anilines is 1. The molecule has 8 nitrogen and oxygen atoms in total. The number of hydrogen-bond donors (Lipinski definition) is 3. The Hall–Kier alpha value is -3.42. The molecule has 0 bridgehead atoms. The summed E-state index contributed by atoms with van der Waals surface area (Å²) >= 11 is 0. The van der Waals surface area contributed by atoms with Crippen molar-refractivity contribution >= 4 is 28.7 Å². The molecule has 0 spiro atoms. The number of aromatic amines is 1. The van der Waals surface area contributed by atoms with Gasteiger partial charge in [0.2, 0.25) is 0 Å². The van der Waals surface area contributed by atoms with Gasteiger partial charge in [0.15, 0.2) is 5.65 Å². The minimum Gasteiger partial charge on any atom is -0.349 e. The van der Waals surface area contributed by atoms with E-state index in [9.17, 15) is 9.59 Å². The number of carbonyl (C=O) groups excluding carboxylic acids is 2. The third kappa shape index (κ3) is 4.10. The summed E-state index contributed by atoms with van der Waals surface area (Å²) < 4.78 is 0. The first-order valence-electron chi connectivity index (χ1n) is 10.9. The minimum absolute atomic E-state index is 0.0786. The number of benzene rings is 1. The van der Waals surface area contributed by atoms with Crippen molar-refractivity contribution in [3.63, 3.8) is 0 Å². The zero-order chi connectivity index (χ0) is 21.2. The largest absolute Gasteiger partial charge is 0.349 e. The molecule has 1 fully saturated rings. The van der Waals surface area contributed by atoms with E-state index in [1.165, 1.54) is 24.8 Å². The highest BCUT2D eigenvalue weighted by Crippen LogP contribution is 2.25. The SMILES string of the molecule is O=C(NC1CCCCC1)c1cccc(NC(=O)N2CCc3c(cnc4[nH]ncc34)C2)c1. The van der Waals surface area contributed by atoms with Crippen LogP contribution < -0.4 is 10.6 Å². The molecule has 0 saturated heterocycles. The van der Waals surface area contributed by atoms with Gasteiger partial charge >= 0.3 is 6.03 Å². The Morgan fingerprint density at radius 3 is 2.87 bits per heavy atom. The zero-order valence-corrected chi connectivity index (χ0v) is 17.4. The number of nitrogens with one attached hydrogen (secondary N) is 3. The van der Waals surface area contributed by atoms with E-state index in [4.69, 9.17) is 0 Å². The molecule has 5 rings (SSSR count). The van der Waals surface area contributed by atoms with Crippen LogP contribution in [-0.4, -0.2) is 44.6 Å². The van der Waals surface area contributed by atoms with E-state index >= 15 is 0 Å². The van der Waals surface area contributed by atoms with E-state index in [0.29, 0.717) is 24.3 Å². The highest BCUT2D eigenvalue weighted by Gasteiger charge is 2.23. The van der Waals surface area contributed by atoms with E-state index in [1.807, 2.05) is 12.3 Å². The van der Waals surface area contributed by atoms with Crippen molar-refractivity contribution in [3.8, 4) is 0 Å². The number of pyridine rings is 1. The van der Waals surface area contributed by atoms with E-state index in [2.05, 4.69) is 25.8 Å². The van der Waals surface area contributed by atoms with E-state index < -0.39 is 0 Å². The second kappa shape index (κ2) is 8.37. The number of aromatic nitrogens is 3. The average molecular weight is 419 g/mol. The summed E-state index contributed by atoms with van der Waals surface area (Å²) in [6.07, 6.45) is 10.0. The summed E-state index contributed by atoms with van der Waals surface area (Å²) in [5.74, 6) is -0.0786. The van der Waals surface area contributed by atoms with Gasteiger partial charge in [0, 0.05) is 42.0 Å². The lowest BCUT2D eigenvalue weighted by molar-refractivity contribution is 0.0927. The lowest BCUT2D eigenvalue weighted by Gasteiger charge is -2.29. The van der Waals surface area contributed by atoms with Crippen LogP contribution in [0.5, 0.6) is 0 Å². The molecule has 0 atom stereocenters. The van der Waals surface area contributed by atoms with Crippen molar-refractivity contribution in [3.05, 3.63) is 53.3 Å². The highest BCUT2D eigenvalue weighted by atomic mass is 16.2. The lowest BCUT2D eigenvalue weighted by atomic mass is 9.95. The van der Waals surface area contributed by atoms with Crippen molar-refractivity contribution in [1.82, 2.24) is 25.4 Å². The molecule has 3 aromatic rings.